The first-order valence-electron chi connectivity index (χ1n) is 12.3. The van der Waals surface area contributed by atoms with Crippen LogP contribution in [0.1, 0.15) is 40.7 Å². The Bertz CT molecular complexity index is 1320. The summed E-state index contributed by atoms with van der Waals surface area (Å²) >= 11 is 0. The van der Waals surface area contributed by atoms with Gasteiger partial charge in [0.25, 0.3) is 5.91 Å². The monoisotopic (exact) mass is 505 g/mol. The second-order valence-electron chi connectivity index (χ2n) is 8.99. The number of rotatable bonds is 7. The van der Waals surface area contributed by atoms with Crippen LogP contribution in [0, 0.1) is 5.82 Å². The Kier molecular flexibility index (Phi) is 7.16. The van der Waals surface area contributed by atoms with Crippen LogP contribution in [-0.4, -0.2) is 48.0 Å². The van der Waals surface area contributed by atoms with Crippen LogP contribution in [0.4, 0.5) is 16.0 Å². The van der Waals surface area contributed by atoms with Crippen molar-refractivity contribution < 1.29 is 23.5 Å². The van der Waals surface area contributed by atoms with Gasteiger partial charge < -0.3 is 25.0 Å². The van der Waals surface area contributed by atoms with E-state index in [1.165, 1.54) is 31.0 Å². The predicted octanol–water partition coefficient (Wildman–Crippen LogP) is 3.30. The molecule has 2 N–H and O–H groups in total. The molecule has 2 amide bonds. The molecule has 9 nitrogen and oxygen atoms in total. The molecule has 1 aromatic heterocycles. The van der Waals surface area contributed by atoms with E-state index in [-0.39, 0.29) is 29.7 Å². The summed E-state index contributed by atoms with van der Waals surface area (Å²) in [7, 11) is 1.40. The molecule has 2 aliphatic rings. The number of aromatic nitrogens is 2. The van der Waals surface area contributed by atoms with Gasteiger partial charge in [0.15, 0.2) is 11.6 Å². The first-order valence-corrected chi connectivity index (χ1v) is 12.3. The lowest BCUT2D eigenvalue weighted by atomic mass is 10.1. The number of halogens is 1. The Morgan fingerprint density at radius 3 is 2.95 bits per heavy atom. The van der Waals surface area contributed by atoms with E-state index in [0.29, 0.717) is 31.0 Å². The Balaban J connectivity index is 1.43. The molecule has 37 heavy (non-hydrogen) atoms. The molecule has 0 saturated carbocycles. The number of benzene rings is 2. The Hall–Kier alpha value is -4.21. The number of ether oxygens (including phenoxy) is 2. The van der Waals surface area contributed by atoms with Crippen molar-refractivity contribution in [2.75, 3.05) is 25.1 Å². The summed E-state index contributed by atoms with van der Waals surface area (Å²) in [4.78, 5) is 36.6. The van der Waals surface area contributed by atoms with Gasteiger partial charge in [0.05, 0.1) is 7.11 Å². The summed E-state index contributed by atoms with van der Waals surface area (Å²) in [6.45, 7) is 1.25. The van der Waals surface area contributed by atoms with Gasteiger partial charge in [-0.25, -0.2) is 9.37 Å². The summed E-state index contributed by atoms with van der Waals surface area (Å²) in [5, 5.41) is 5.61. The second-order valence-corrected chi connectivity index (χ2v) is 8.99. The van der Waals surface area contributed by atoms with E-state index in [4.69, 9.17) is 9.47 Å². The van der Waals surface area contributed by atoms with Gasteiger partial charge in [-0.1, -0.05) is 24.3 Å². The zero-order chi connectivity index (χ0) is 25.8. The van der Waals surface area contributed by atoms with Crippen LogP contribution in [0.15, 0.2) is 48.7 Å². The average Bonchev–Trinajstić information content (AvgIpc) is 3.24. The fourth-order valence-corrected chi connectivity index (χ4v) is 4.56. The lowest BCUT2D eigenvalue weighted by molar-refractivity contribution is -0.122. The fraction of sp³-hybridized carbons (Fsp3) is 0.333. The van der Waals surface area contributed by atoms with E-state index < -0.39 is 17.8 Å². The fourth-order valence-electron chi connectivity index (χ4n) is 4.56. The molecule has 5 rings (SSSR count). The molecule has 0 bridgehead atoms. The third kappa shape index (κ3) is 5.32. The first kappa shape index (κ1) is 24.5. The summed E-state index contributed by atoms with van der Waals surface area (Å²) in [6.07, 6.45) is 4.49. The molecule has 1 atom stereocenters. The number of hydrogen-bond acceptors (Lipinski definition) is 7. The van der Waals surface area contributed by atoms with Crippen molar-refractivity contribution >= 4 is 23.5 Å². The molecule has 3 heterocycles. The lowest BCUT2D eigenvalue weighted by Gasteiger charge is -2.20. The van der Waals surface area contributed by atoms with Crippen LogP contribution in [-0.2, 0) is 17.8 Å². The number of hydrogen-bond donors (Lipinski definition) is 2. The molecule has 2 aromatic carbocycles. The van der Waals surface area contributed by atoms with Crippen LogP contribution in [0.2, 0.25) is 0 Å². The van der Waals surface area contributed by atoms with Gasteiger partial charge >= 0.3 is 0 Å². The van der Waals surface area contributed by atoms with Crippen molar-refractivity contribution in [3.05, 3.63) is 71.2 Å². The molecule has 1 saturated heterocycles. The van der Waals surface area contributed by atoms with E-state index in [1.807, 2.05) is 23.1 Å². The van der Waals surface area contributed by atoms with Gasteiger partial charge in [-0.2, -0.15) is 4.98 Å². The van der Waals surface area contributed by atoms with E-state index in [9.17, 15) is 14.0 Å². The number of nitrogens with one attached hydrogen (secondary N) is 2. The molecule has 0 spiro atoms. The highest BCUT2D eigenvalue weighted by Crippen LogP contribution is 2.33. The van der Waals surface area contributed by atoms with E-state index in [1.54, 1.807) is 6.07 Å². The number of carbonyl (C=O) groups excluding carboxylic acids is 2. The average molecular weight is 506 g/mol. The van der Waals surface area contributed by atoms with Crippen molar-refractivity contribution in [1.29, 1.82) is 0 Å². The molecule has 0 aliphatic carbocycles. The van der Waals surface area contributed by atoms with Crippen LogP contribution in [0.3, 0.4) is 0 Å². The highest BCUT2D eigenvalue weighted by atomic mass is 19.1. The normalized spacial score (nSPS) is 17.0. The van der Waals surface area contributed by atoms with Crippen LogP contribution < -0.4 is 25.0 Å². The quantitative estimate of drug-likeness (QED) is 0.508. The molecule has 1 fully saturated rings. The Labute approximate surface area is 214 Å². The molecule has 3 aromatic rings. The van der Waals surface area contributed by atoms with Crippen molar-refractivity contribution in [2.45, 2.75) is 38.3 Å². The SMILES string of the molecule is COc1ccc(COc2nc(N3CCc4ccccc43)ncc2C(=O)NC2CCCCNC2=O)cc1F. The lowest BCUT2D eigenvalue weighted by Crippen LogP contribution is -2.45. The van der Waals surface area contributed by atoms with Gasteiger partial charge in [0.1, 0.15) is 18.2 Å². The van der Waals surface area contributed by atoms with Crippen molar-refractivity contribution in [2.24, 2.45) is 0 Å². The minimum absolute atomic E-state index is 0.0296. The standard InChI is InChI=1S/C27H28FN5O4/c1-36-23-10-9-17(14-20(23)28)16-37-26-19(24(34)31-21-7-4-5-12-29-25(21)35)15-30-27(32-26)33-13-11-18-6-2-3-8-22(18)33/h2-3,6,8-10,14-15,21H,4-5,7,11-13,16H2,1H3,(H,29,35)(H,31,34). The number of fused-ring (bicyclic) bond motifs is 1. The van der Waals surface area contributed by atoms with Gasteiger partial charge in [-0.05, 0) is 55.0 Å². The largest absolute Gasteiger partial charge is 0.494 e. The maximum absolute atomic E-state index is 14.2. The summed E-state index contributed by atoms with van der Waals surface area (Å²) in [6, 6.07) is 11.9. The van der Waals surface area contributed by atoms with Crippen LogP contribution in [0.5, 0.6) is 11.6 Å². The highest BCUT2D eigenvalue weighted by Gasteiger charge is 2.27. The maximum atomic E-state index is 14.2. The molecular weight excluding hydrogens is 477 g/mol. The third-order valence-electron chi connectivity index (χ3n) is 6.55. The number of anilines is 2. The van der Waals surface area contributed by atoms with Crippen LogP contribution >= 0.6 is 0 Å². The van der Waals surface area contributed by atoms with Gasteiger partial charge in [-0.3, -0.25) is 9.59 Å². The van der Waals surface area contributed by atoms with Gasteiger partial charge in [-0.15, -0.1) is 0 Å². The van der Waals surface area contributed by atoms with E-state index in [0.717, 1.165) is 24.9 Å². The van der Waals surface area contributed by atoms with E-state index in [2.05, 4.69) is 26.7 Å². The summed E-state index contributed by atoms with van der Waals surface area (Å²) in [5.74, 6) is -0.665. The minimum Gasteiger partial charge on any atom is -0.494 e. The van der Waals surface area contributed by atoms with Crippen molar-refractivity contribution in [1.82, 2.24) is 20.6 Å². The Morgan fingerprint density at radius 1 is 1.24 bits per heavy atom. The summed E-state index contributed by atoms with van der Waals surface area (Å²) < 4.78 is 25.1. The number of amides is 2. The topological polar surface area (TPSA) is 106 Å². The van der Waals surface area contributed by atoms with Crippen molar-refractivity contribution in [3.8, 4) is 11.6 Å². The van der Waals surface area contributed by atoms with Crippen LogP contribution in [0.25, 0.3) is 0 Å². The zero-order valence-corrected chi connectivity index (χ0v) is 20.5. The molecule has 10 heteroatoms. The molecule has 192 valence electrons. The summed E-state index contributed by atoms with van der Waals surface area (Å²) in [5.41, 5.74) is 2.82. The molecule has 2 aliphatic heterocycles. The van der Waals surface area contributed by atoms with Gasteiger partial charge in [0, 0.05) is 25.0 Å². The zero-order valence-electron chi connectivity index (χ0n) is 20.5. The minimum atomic E-state index is -0.649. The van der Waals surface area contributed by atoms with Crippen molar-refractivity contribution in [3.63, 3.8) is 0 Å². The number of methoxy groups -OCH3 is 1. The number of para-hydroxylation sites is 1. The number of nitrogens with zero attached hydrogens (tertiary/aromatic N) is 3. The predicted molar refractivity (Wildman–Crippen MR) is 135 cm³/mol. The highest BCUT2D eigenvalue weighted by molar-refractivity contribution is 5.99. The Morgan fingerprint density at radius 2 is 2.11 bits per heavy atom. The third-order valence-corrected chi connectivity index (χ3v) is 6.55. The smallest absolute Gasteiger partial charge is 0.259 e. The van der Waals surface area contributed by atoms with E-state index >= 15 is 0 Å². The molecular formula is C27H28FN5O4. The number of carbonyl (C=O) groups is 2. The molecule has 0 radical (unpaired) electrons. The maximum Gasteiger partial charge on any atom is 0.259 e. The first-order chi connectivity index (χ1) is 18.0. The molecule has 1 unspecified atom stereocenters. The second kappa shape index (κ2) is 10.8. The van der Waals surface area contributed by atoms with Gasteiger partial charge in [0.2, 0.25) is 17.7 Å².